The molecule has 2 aromatic carbocycles. The SMILES string of the molecule is C[C@H](OC(=O)c1ccc(-c2nnco2)cc1)c1nnc(-c2ccc(F)cc2)o1. The minimum absolute atomic E-state index is 0.134. The first kappa shape index (κ1) is 17.5. The Kier molecular flexibility index (Phi) is 4.63. The molecule has 1 atom stereocenters. The van der Waals surface area contributed by atoms with Crippen LogP contribution in [0.5, 0.6) is 0 Å². The summed E-state index contributed by atoms with van der Waals surface area (Å²) in [5.41, 5.74) is 1.59. The van der Waals surface area contributed by atoms with Crippen molar-refractivity contribution in [2.24, 2.45) is 0 Å². The molecule has 9 heteroatoms. The zero-order chi connectivity index (χ0) is 19.5. The van der Waals surface area contributed by atoms with E-state index in [2.05, 4.69) is 20.4 Å². The standard InChI is InChI=1S/C19H13FN4O4/c1-11(16-23-24-18(28-16)13-6-8-15(20)9-7-13)27-19(25)14-4-2-12(3-5-14)17-22-21-10-26-17/h2-11H,1H3/t11-/m0/s1. The molecule has 0 saturated carbocycles. The van der Waals surface area contributed by atoms with Crippen molar-refractivity contribution in [2.75, 3.05) is 0 Å². The first-order valence-corrected chi connectivity index (χ1v) is 8.27. The zero-order valence-corrected chi connectivity index (χ0v) is 14.6. The van der Waals surface area contributed by atoms with Crippen LogP contribution in [0.3, 0.4) is 0 Å². The molecular weight excluding hydrogens is 367 g/mol. The lowest BCUT2D eigenvalue weighted by atomic mass is 10.1. The summed E-state index contributed by atoms with van der Waals surface area (Å²) in [6.07, 6.45) is 0.467. The molecule has 0 aliphatic rings. The molecular formula is C19H13FN4O4. The summed E-state index contributed by atoms with van der Waals surface area (Å²) in [7, 11) is 0. The minimum atomic E-state index is -0.759. The Morgan fingerprint density at radius 3 is 2.32 bits per heavy atom. The highest BCUT2D eigenvalue weighted by atomic mass is 19.1. The summed E-state index contributed by atoms with van der Waals surface area (Å²) in [4.78, 5) is 12.3. The van der Waals surface area contributed by atoms with Crippen molar-refractivity contribution < 1.29 is 22.8 Å². The van der Waals surface area contributed by atoms with E-state index in [4.69, 9.17) is 13.6 Å². The van der Waals surface area contributed by atoms with Crippen LogP contribution >= 0.6 is 0 Å². The van der Waals surface area contributed by atoms with E-state index in [1.54, 1.807) is 31.2 Å². The lowest BCUT2D eigenvalue weighted by molar-refractivity contribution is 0.0280. The quantitative estimate of drug-likeness (QED) is 0.481. The maximum absolute atomic E-state index is 13.0. The fraction of sp³-hybridized carbons (Fsp3) is 0.105. The minimum Gasteiger partial charge on any atom is -0.449 e. The summed E-state index contributed by atoms with van der Waals surface area (Å²) in [5.74, 6) is -0.216. The first-order valence-electron chi connectivity index (χ1n) is 8.27. The van der Waals surface area contributed by atoms with Gasteiger partial charge in [-0.25, -0.2) is 9.18 Å². The molecule has 8 nitrogen and oxygen atoms in total. The fourth-order valence-electron chi connectivity index (χ4n) is 2.43. The van der Waals surface area contributed by atoms with Crippen LogP contribution in [0.15, 0.2) is 63.8 Å². The number of hydrogen-bond acceptors (Lipinski definition) is 8. The van der Waals surface area contributed by atoms with Gasteiger partial charge in [-0.2, -0.15) is 0 Å². The lowest BCUT2D eigenvalue weighted by Crippen LogP contribution is -2.09. The van der Waals surface area contributed by atoms with Crippen LogP contribution in [0.4, 0.5) is 4.39 Å². The number of carbonyl (C=O) groups excluding carboxylic acids is 1. The number of esters is 1. The summed E-state index contributed by atoms with van der Waals surface area (Å²) >= 11 is 0. The van der Waals surface area contributed by atoms with Crippen LogP contribution in [-0.2, 0) is 4.74 Å². The molecule has 2 aromatic heterocycles. The lowest BCUT2D eigenvalue weighted by Gasteiger charge is -2.09. The molecule has 4 aromatic rings. The monoisotopic (exact) mass is 380 g/mol. The van der Waals surface area contributed by atoms with Crippen LogP contribution < -0.4 is 0 Å². The summed E-state index contributed by atoms with van der Waals surface area (Å²) in [6.45, 7) is 1.62. The molecule has 0 spiro atoms. The number of ether oxygens (including phenoxy) is 1. The molecule has 0 radical (unpaired) electrons. The van der Waals surface area contributed by atoms with Crippen molar-refractivity contribution in [2.45, 2.75) is 13.0 Å². The van der Waals surface area contributed by atoms with Gasteiger partial charge >= 0.3 is 5.97 Å². The number of carbonyl (C=O) groups is 1. The smallest absolute Gasteiger partial charge is 0.338 e. The molecule has 0 aliphatic carbocycles. The van der Waals surface area contributed by atoms with Crippen LogP contribution in [0.2, 0.25) is 0 Å². The number of benzene rings is 2. The van der Waals surface area contributed by atoms with Gasteiger partial charge in [0.1, 0.15) is 5.82 Å². The number of aromatic nitrogens is 4. The third-order valence-electron chi connectivity index (χ3n) is 3.89. The highest BCUT2D eigenvalue weighted by molar-refractivity contribution is 5.90. The van der Waals surface area contributed by atoms with Gasteiger partial charge in [0.2, 0.25) is 18.2 Å². The van der Waals surface area contributed by atoms with Crippen molar-refractivity contribution in [1.29, 1.82) is 0 Å². The number of halogens is 1. The Bertz CT molecular complexity index is 1080. The second-order valence-electron chi connectivity index (χ2n) is 5.82. The van der Waals surface area contributed by atoms with Crippen LogP contribution in [0, 0.1) is 5.82 Å². The summed E-state index contributed by atoms with van der Waals surface area (Å²) < 4.78 is 29.0. The predicted molar refractivity (Wildman–Crippen MR) is 93.3 cm³/mol. The molecule has 28 heavy (non-hydrogen) atoms. The normalized spacial score (nSPS) is 11.9. The van der Waals surface area contributed by atoms with E-state index in [1.165, 1.54) is 30.7 Å². The molecule has 4 rings (SSSR count). The summed E-state index contributed by atoms with van der Waals surface area (Å²) in [5, 5.41) is 15.2. The van der Waals surface area contributed by atoms with E-state index in [0.717, 1.165) is 0 Å². The Labute approximate surface area is 158 Å². The largest absolute Gasteiger partial charge is 0.449 e. The third kappa shape index (κ3) is 3.63. The Balaban J connectivity index is 1.44. The van der Waals surface area contributed by atoms with Gasteiger partial charge in [-0.1, -0.05) is 0 Å². The highest BCUT2D eigenvalue weighted by Gasteiger charge is 2.20. The fourth-order valence-corrected chi connectivity index (χ4v) is 2.43. The van der Waals surface area contributed by atoms with Crippen molar-refractivity contribution in [3.63, 3.8) is 0 Å². The molecule has 0 bridgehead atoms. The number of hydrogen-bond donors (Lipinski definition) is 0. The van der Waals surface area contributed by atoms with Crippen molar-refractivity contribution in [3.8, 4) is 22.9 Å². The van der Waals surface area contributed by atoms with Gasteiger partial charge in [0, 0.05) is 11.1 Å². The van der Waals surface area contributed by atoms with E-state index < -0.39 is 12.1 Å². The highest BCUT2D eigenvalue weighted by Crippen LogP contribution is 2.24. The van der Waals surface area contributed by atoms with E-state index in [0.29, 0.717) is 22.6 Å². The van der Waals surface area contributed by atoms with Gasteiger partial charge in [-0.3, -0.25) is 0 Å². The van der Waals surface area contributed by atoms with E-state index in [-0.39, 0.29) is 17.6 Å². The molecule has 0 fully saturated rings. The van der Waals surface area contributed by atoms with Crippen molar-refractivity contribution in [3.05, 3.63) is 72.2 Å². The van der Waals surface area contributed by atoms with Crippen LogP contribution in [-0.4, -0.2) is 26.4 Å². The van der Waals surface area contributed by atoms with Gasteiger partial charge in [-0.05, 0) is 55.5 Å². The maximum atomic E-state index is 13.0. The summed E-state index contributed by atoms with van der Waals surface area (Å²) in [6, 6.07) is 12.2. The van der Waals surface area contributed by atoms with Gasteiger partial charge in [-0.15, -0.1) is 20.4 Å². The molecule has 0 unspecified atom stereocenters. The van der Waals surface area contributed by atoms with Crippen molar-refractivity contribution >= 4 is 5.97 Å². The molecule has 0 aliphatic heterocycles. The van der Waals surface area contributed by atoms with Gasteiger partial charge in [0.15, 0.2) is 6.10 Å². The molecule has 0 N–H and O–H groups in total. The zero-order valence-electron chi connectivity index (χ0n) is 14.6. The van der Waals surface area contributed by atoms with Crippen LogP contribution in [0.1, 0.15) is 29.3 Å². The topological polar surface area (TPSA) is 104 Å². The second-order valence-corrected chi connectivity index (χ2v) is 5.82. The maximum Gasteiger partial charge on any atom is 0.338 e. The molecule has 0 saturated heterocycles. The van der Waals surface area contributed by atoms with E-state index in [9.17, 15) is 9.18 Å². The predicted octanol–water partition coefficient (Wildman–Crippen LogP) is 3.84. The first-order chi connectivity index (χ1) is 13.6. The van der Waals surface area contributed by atoms with Gasteiger partial charge < -0.3 is 13.6 Å². The molecule has 140 valence electrons. The third-order valence-corrected chi connectivity index (χ3v) is 3.89. The average molecular weight is 380 g/mol. The molecule has 2 heterocycles. The van der Waals surface area contributed by atoms with Gasteiger partial charge in [0.25, 0.3) is 5.89 Å². The number of rotatable bonds is 5. The van der Waals surface area contributed by atoms with E-state index in [1.807, 2.05) is 0 Å². The number of nitrogens with zero attached hydrogens (tertiary/aromatic N) is 4. The average Bonchev–Trinajstić information content (AvgIpc) is 3.41. The Morgan fingerprint density at radius 1 is 0.964 bits per heavy atom. The Morgan fingerprint density at radius 2 is 1.64 bits per heavy atom. The van der Waals surface area contributed by atoms with Crippen LogP contribution in [0.25, 0.3) is 22.9 Å². The Hall–Kier alpha value is -3.88. The van der Waals surface area contributed by atoms with Crippen molar-refractivity contribution in [1.82, 2.24) is 20.4 Å². The molecule has 0 amide bonds. The second kappa shape index (κ2) is 7.39. The van der Waals surface area contributed by atoms with Gasteiger partial charge in [0.05, 0.1) is 5.56 Å². The van der Waals surface area contributed by atoms with E-state index >= 15 is 0 Å².